The number of aryl methyl sites for hydroxylation is 1. The highest BCUT2D eigenvalue weighted by Crippen LogP contribution is 2.37. The van der Waals surface area contributed by atoms with Crippen LogP contribution in [0.3, 0.4) is 0 Å². The minimum Gasteiger partial charge on any atom is -0.298 e. The van der Waals surface area contributed by atoms with Gasteiger partial charge in [0.05, 0.1) is 15.6 Å². The number of carbonyl (C=O) groups is 1. The molecule has 0 spiro atoms. The third kappa shape index (κ3) is 2.83. The van der Waals surface area contributed by atoms with E-state index in [0.717, 1.165) is 5.56 Å². The van der Waals surface area contributed by atoms with E-state index in [0.29, 0.717) is 23.1 Å². The lowest BCUT2D eigenvalue weighted by Crippen LogP contribution is -2.32. The van der Waals surface area contributed by atoms with Crippen molar-refractivity contribution in [3.8, 4) is 0 Å². The molecule has 0 amide bonds. The van der Waals surface area contributed by atoms with Gasteiger partial charge in [0.15, 0.2) is 0 Å². The lowest BCUT2D eigenvalue weighted by atomic mass is 10.1. The molecular weight excluding hydrogens is 348 g/mol. The molecule has 0 aliphatic carbocycles. The fourth-order valence-corrected chi connectivity index (χ4v) is 4.37. The Morgan fingerprint density at radius 3 is 2.58 bits per heavy atom. The van der Waals surface area contributed by atoms with Gasteiger partial charge < -0.3 is 0 Å². The predicted octanol–water partition coefficient (Wildman–Crippen LogP) is 3.14. The number of aromatic nitrogens is 1. The van der Waals surface area contributed by atoms with Crippen LogP contribution in [-0.2, 0) is 14.8 Å². The number of anilines is 1. The Kier molecular flexibility index (Phi) is 4.43. The first kappa shape index (κ1) is 16.7. The molecule has 0 atom stereocenters. The Hall–Kier alpha value is -2.18. The summed E-state index contributed by atoms with van der Waals surface area (Å²) in [6, 6.07) is 8.25. The van der Waals surface area contributed by atoms with Crippen LogP contribution >= 0.6 is 11.6 Å². The van der Waals surface area contributed by atoms with Gasteiger partial charge in [-0.25, -0.2) is 8.42 Å². The van der Waals surface area contributed by atoms with Crippen molar-refractivity contribution in [2.45, 2.75) is 18.2 Å². The first-order valence-corrected chi connectivity index (χ1v) is 9.14. The van der Waals surface area contributed by atoms with E-state index in [9.17, 15) is 13.2 Å². The standard InChI is InChI=1S/C17H15ClN2O3S/c1-12-2-4-14(5-3-12)24(22,23)20-9-7-13(11-21)17(18)15-10-19-8-6-16(15)20/h2-6,8,10-11H,7,9H2,1H3. The fraction of sp³-hybridized carbons (Fsp3) is 0.176. The van der Waals surface area contributed by atoms with E-state index in [2.05, 4.69) is 4.98 Å². The summed E-state index contributed by atoms with van der Waals surface area (Å²) in [5.74, 6) is 0. The van der Waals surface area contributed by atoms with Crippen molar-refractivity contribution in [1.29, 1.82) is 0 Å². The third-order valence-corrected chi connectivity index (χ3v) is 6.19. The monoisotopic (exact) mass is 362 g/mol. The zero-order chi connectivity index (χ0) is 17.3. The second-order valence-corrected chi connectivity index (χ2v) is 7.73. The molecule has 0 radical (unpaired) electrons. The van der Waals surface area contributed by atoms with Crippen LogP contribution in [-0.4, -0.2) is 26.2 Å². The van der Waals surface area contributed by atoms with E-state index in [1.807, 2.05) is 6.92 Å². The molecule has 124 valence electrons. The van der Waals surface area contributed by atoms with Gasteiger partial charge in [0.25, 0.3) is 10.0 Å². The smallest absolute Gasteiger partial charge is 0.264 e. The molecule has 0 saturated carbocycles. The maximum atomic E-state index is 13.1. The van der Waals surface area contributed by atoms with Crippen molar-refractivity contribution < 1.29 is 13.2 Å². The number of fused-ring (bicyclic) bond motifs is 1. The van der Waals surface area contributed by atoms with Crippen molar-refractivity contribution in [2.75, 3.05) is 10.8 Å². The quantitative estimate of drug-likeness (QED) is 0.787. The summed E-state index contributed by atoms with van der Waals surface area (Å²) in [7, 11) is -3.77. The van der Waals surface area contributed by atoms with E-state index in [1.54, 1.807) is 30.3 Å². The molecule has 7 heteroatoms. The predicted molar refractivity (Wildman–Crippen MR) is 93.4 cm³/mol. The molecule has 0 unspecified atom stereocenters. The Labute approximate surface area is 145 Å². The van der Waals surface area contributed by atoms with E-state index in [-0.39, 0.29) is 22.9 Å². The van der Waals surface area contributed by atoms with Crippen LogP contribution in [0.15, 0.2) is 53.2 Å². The molecule has 0 bridgehead atoms. The van der Waals surface area contributed by atoms with E-state index >= 15 is 0 Å². The lowest BCUT2D eigenvalue weighted by Gasteiger charge is -2.24. The summed E-state index contributed by atoms with van der Waals surface area (Å²) in [5, 5.41) is 0.245. The largest absolute Gasteiger partial charge is 0.298 e. The summed E-state index contributed by atoms with van der Waals surface area (Å²) in [5.41, 5.74) is 2.21. The Morgan fingerprint density at radius 2 is 1.92 bits per heavy atom. The zero-order valence-electron chi connectivity index (χ0n) is 12.9. The number of halogens is 1. The number of benzene rings is 1. The van der Waals surface area contributed by atoms with Crippen LogP contribution in [0.25, 0.3) is 5.03 Å². The molecule has 0 N–H and O–H groups in total. The van der Waals surface area contributed by atoms with Crippen LogP contribution in [0.2, 0.25) is 0 Å². The van der Waals surface area contributed by atoms with Gasteiger partial charge in [-0.15, -0.1) is 0 Å². The molecular formula is C17H15ClN2O3S. The summed E-state index contributed by atoms with van der Waals surface area (Å²) in [4.78, 5) is 15.5. The van der Waals surface area contributed by atoms with Crippen LogP contribution in [0.5, 0.6) is 0 Å². The first-order valence-electron chi connectivity index (χ1n) is 7.33. The molecule has 24 heavy (non-hydrogen) atoms. The number of nitrogens with zero attached hydrogens (tertiary/aromatic N) is 2. The number of aldehydes is 1. The normalized spacial score (nSPS) is 15.0. The number of sulfonamides is 1. The highest BCUT2D eigenvalue weighted by atomic mass is 35.5. The Morgan fingerprint density at radius 1 is 1.21 bits per heavy atom. The average molecular weight is 363 g/mol. The maximum Gasteiger partial charge on any atom is 0.264 e. The van der Waals surface area contributed by atoms with Gasteiger partial charge >= 0.3 is 0 Å². The Balaban J connectivity index is 2.15. The van der Waals surface area contributed by atoms with Crippen LogP contribution in [0, 0.1) is 6.92 Å². The van der Waals surface area contributed by atoms with Crippen LogP contribution in [0.4, 0.5) is 5.69 Å². The van der Waals surface area contributed by atoms with Crippen LogP contribution < -0.4 is 4.31 Å². The molecule has 1 aromatic carbocycles. The van der Waals surface area contributed by atoms with Crippen molar-refractivity contribution in [2.24, 2.45) is 0 Å². The van der Waals surface area contributed by atoms with Crippen molar-refractivity contribution in [3.05, 3.63) is 59.4 Å². The number of hydrogen-bond donors (Lipinski definition) is 0. The Bertz CT molecular complexity index is 921. The number of carbonyl (C=O) groups excluding carboxylic acids is 1. The van der Waals surface area contributed by atoms with Gasteiger partial charge in [-0.05, 0) is 31.5 Å². The molecule has 1 aliphatic heterocycles. The van der Waals surface area contributed by atoms with Gasteiger partial charge in [0.1, 0.15) is 6.29 Å². The number of hydrogen-bond acceptors (Lipinski definition) is 4. The van der Waals surface area contributed by atoms with Gasteiger partial charge in [-0.1, -0.05) is 29.3 Å². The molecule has 2 heterocycles. The topological polar surface area (TPSA) is 67.3 Å². The van der Waals surface area contributed by atoms with Gasteiger partial charge in [0.2, 0.25) is 0 Å². The minimum absolute atomic E-state index is 0.136. The van der Waals surface area contributed by atoms with Crippen molar-refractivity contribution in [1.82, 2.24) is 4.98 Å². The van der Waals surface area contributed by atoms with Crippen LogP contribution in [0.1, 0.15) is 17.5 Å². The molecule has 3 rings (SSSR count). The summed E-state index contributed by atoms with van der Waals surface area (Å²) < 4.78 is 27.4. The number of rotatable bonds is 3. The second-order valence-electron chi connectivity index (χ2n) is 5.49. The van der Waals surface area contributed by atoms with E-state index < -0.39 is 10.0 Å². The summed E-state index contributed by atoms with van der Waals surface area (Å²) >= 11 is 6.29. The maximum absolute atomic E-state index is 13.1. The van der Waals surface area contributed by atoms with Crippen molar-refractivity contribution >= 4 is 38.6 Å². The molecule has 0 saturated heterocycles. The molecule has 5 nitrogen and oxygen atoms in total. The molecule has 1 aliphatic rings. The van der Waals surface area contributed by atoms with Gasteiger partial charge in [-0.3, -0.25) is 14.1 Å². The minimum atomic E-state index is -3.77. The zero-order valence-corrected chi connectivity index (χ0v) is 14.5. The summed E-state index contributed by atoms with van der Waals surface area (Å²) in [6.07, 6.45) is 3.89. The lowest BCUT2D eigenvalue weighted by molar-refractivity contribution is -0.104. The van der Waals surface area contributed by atoms with Crippen molar-refractivity contribution in [3.63, 3.8) is 0 Å². The summed E-state index contributed by atoms with van der Waals surface area (Å²) in [6.45, 7) is 2.03. The average Bonchev–Trinajstić information content (AvgIpc) is 2.72. The highest BCUT2D eigenvalue weighted by molar-refractivity contribution is 7.92. The second kappa shape index (κ2) is 6.37. The van der Waals surface area contributed by atoms with E-state index in [1.165, 1.54) is 16.7 Å². The fourth-order valence-electron chi connectivity index (χ4n) is 2.60. The van der Waals surface area contributed by atoms with Gasteiger partial charge in [0, 0.05) is 30.1 Å². The first-order chi connectivity index (χ1) is 11.4. The van der Waals surface area contributed by atoms with Gasteiger partial charge in [-0.2, -0.15) is 0 Å². The third-order valence-electron chi connectivity index (χ3n) is 3.92. The SMILES string of the molecule is Cc1ccc(S(=O)(=O)N2CCC(C=O)=C(Cl)c3cnccc32)cc1. The molecule has 2 aromatic rings. The highest BCUT2D eigenvalue weighted by Gasteiger charge is 2.30. The molecule has 1 aromatic heterocycles. The molecule has 0 fully saturated rings. The number of pyridine rings is 1. The van der Waals surface area contributed by atoms with E-state index in [4.69, 9.17) is 11.6 Å².